The molecule has 1 amide bonds. The largest absolute Gasteiger partial charge is 0.335 e. The molecule has 4 heteroatoms. The van der Waals surface area contributed by atoms with E-state index in [1.165, 1.54) is 12.1 Å². The first-order chi connectivity index (χ1) is 7.54. The summed E-state index contributed by atoms with van der Waals surface area (Å²) in [6, 6.07) is 6.28. The molecule has 0 fully saturated rings. The molecule has 0 aliphatic heterocycles. The fourth-order valence-electron chi connectivity index (χ4n) is 1.47. The fourth-order valence-corrected chi connectivity index (χ4v) is 1.62. The topological polar surface area (TPSA) is 20.3 Å². The van der Waals surface area contributed by atoms with Crippen LogP contribution in [0.25, 0.3) is 0 Å². The van der Waals surface area contributed by atoms with Gasteiger partial charge in [0.2, 0.25) is 5.91 Å². The van der Waals surface area contributed by atoms with Crippen molar-refractivity contribution in [2.45, 2.75) is 26.4 Å². The Morgan fingerprint density at radius 1 is 1.50 bits per heavy atom. The van der Waals surface area contributed by atoms with Crippen LogP contribution in [0.1, 0.15) is 19.4 Å². The Kier molecular flexibility index (Phi) is 4.74. The van der Waals surface area contributed by atoms with Crippen LogP contribution >= 0.6 is 11.6 Å². The Bertz CT molecular complexity index is 368. The SMILES string of the molecule is CC(C)N(Cc1cccc(F)c1)C(=O)CCl. The van der Waals surface area contributed by atoms with Gasteiger partial charge in [-0.2, -0.15) is 0 Å². The Labute approximate surface area is 100 Å². The number of halogens is 2. The van der Waals surface area contributed by atoms with E-state index >= 15 is 0 Å². The van der Waals surface area contributed by atoms with Gasteiger partial charge in [-0.15, -0.1) is 11.6 Å². The Morgan fingerprint density at radius 3 is 2.69 bits per heavy atom. The molecule has 0 saturated heterocycles. The standard InChI is InChI=1S/C12H15ClFNO/c1-9(2)15(12(16)7-13)8-10-4-3-5-11(14)6-10/h3-6,9H,7-8H2,1-2H3. The number of carbonyl (C=O) groups is 1. The summed E-state index contributed by atoms with van der Waals surface area (Å²) in [7, 11) is 0. The first kappa shape index (κ1) is 13.0. The van der Waals surface area contributed by atoms with Gasteiger partial charge in [0.05, 0.1) is 0 Å². The van der Waals surface area contributed by atoms with Crippen molar-refractivity contribution in [3.63, 3.8) is 0 Å². The zero-order valence-electron chi connectivity index (χ0n) is 9.41. The summed E-state index contributed by atoms with van der Waals surface area (Å²) in [6.45, 7) is 4.20. The lowest BCUT2D eigenvalue weighted by Gasteiger charge is -2.26. The van der Waals surface area contributed by atoms with Crippen molar-refractivity contribution in [3.8, 4) is 0 Å². The van der Waals surface area contributed by atoms with Crippen molar-refractivity contribution in [1.29, 1.82) is 0 Å². The van der Waals surface area contributed by atoms with Gasteiger partial charge < -0.3 is 4.90 Å². The van der Waals surface area contributed by atoms with Crippen LogP contribution in [0.2, 0.25) is 0 Å². The van der Waals surface area contributed by atoms with Gasteiger partial charge in [-0.3, -0.25) is 4.79 Å². The minimum Gasteiger partial charge on any atom is -0.335 e. The second-order valence-corrected chi connectivity index (χ2v) is 4.15. The van der Waals surface area contributed by atoms with E-state index in [0.717, 1.165) is 5.56 Å². The molecule has 1 aromatic rings. The van der Waals surface area contributed by atoms with Crippen molar-refractivity contribution in [2.75, 3.05) is 5.88 Å². The van der Waals surface area contributed by atoms with Crippen LogP contribution in [0.15, 0.2) is 24.3 Å². The zero-order valence-corrected chi connectivity index (χ0v) is 10.2. The molecule has 0 atom stereocenters. The fraction of sp³-hybridized carbons (Fsp3) is 0.417. The lowest BCUT2D eigenvalue weighted by atomic mass is 10.2. The van der Waals surface area contributed by atoms with E-state index < -0.39 is 0 Å². The molecule has 1 rings (SSSR count). The van der Waals surface area contributed by atoms with Crippen LogP contribution in [0.5, 0.6) is 0 Å². The smallest absolute Gasteiger partial charge is 0.238 e. The van der Waals surface area contributed by atoms with Gasteiger partial charge in [0.25, 0.3) is 0 Å². The first-order valence-electron chi connectivity index (χ1n) is 5.14. The quantitative estimate of drug-likeness (QED) is 0.745. The number of alkyl halides is 1. The zero-order chi connectivity index (χ0) is 12.1. The highest BCUT2D eigenvalue weighted by Gasteiger charge is 2.16. The summed E-state index contributed by atoms with van der Waals surface area (Å²) in [6.07, 6.45) is 0. The molecule has 0 radical (unpaired) electrons. The third-order valence-electron chi connectivity index (χ3n) is 2.30. The van der Waals surface area contributed by atoms with Crippen LogP contribution in [0, 0.1) is 5.82 Å². The molecule has 0 aromatic heterocycles. The molecule has 0 spiro atoms. The van der Waals surface area contributed by atoms with E-state index in [0.29, 0.717) is 6.54 Å². The van der Waals surface area contributed by atoms with Crippen LogP contribution in [0.4, 0.5) is 4.39 Å². The van der Waals surface area contributed by atoms with E-state index in [1.807, 2.05) is 13.8 Å². The highest BCUT2D eigenvalue weighted by molar-refractivity contribution is 6.27. The molecule has 16 heavy (non-hydrogen) atoms. The average molecular weight is 244 g/mol. The maximum atomic E-state index is 13.0. The lowest BCUT2D eigenvalue weighted by Crippen LogP contribution is -2.37. The summed E-state index contributed by atoms with van der Waals surface area (Å²) in [5, 5.41) is 0. The average Bonchev–Trinajstić information content (AvgIpc) is 2.24. The number of benzene rings is 1. The van der Waals surface area contributed by atoms with Crippen molar-refractivity contribution in [2.24, 2.45) is 0 Å². The lowest BCUT2D eigenvalue weighted by molar-refractivity contribution is -0.130. The summed E-state index contributed by atoms with van der Waals surface area (Å²) in [4.78, 5) is 13.2. The third-order valence-corrected chi connectivity index (χ3v) is 2.53. The molecule has 0 bridgehead atoms. The van der Waals surface area contributed by atoms with Gasteiger partial charge in [-0.05, 0) is 31.5 Å². The highest BCUT2D eigenvalue weighted by atomic mass is 35.5. The monoisotopic (exact) mass is 243 g/mol. The van der Waals surface area contributed by atoms with Crippen LogP contribution in [0.3, 0.4) is 0 Å². The van der Waals surface area contributed by atoms with Gasteiger partial charge in [-0.25, -0.2) is 4.39 Å². The van der Waals surface area contributed by atoms with Crippen molar-refractivity contribution >= 4 is 17.5 Å². The second kappa shape index (κ2) is 5.85. The van der Waals surface area contributed by atoms with Crippen LogP contribution in [-0.4, -0.2) is 22.7 Å². The Hall–Kier alpha value is -1.09. The normalized spacial score (nSPS) is 10.6. The maximum absolute atomic E-state index is 13.0. The van der Waals surface area contributed by atoms with E-state index in [1.54, 1.807) is 17.0 Å². The molecular weight excluding hydrogens is 229 g/mol. The summed E-state index contributed by atoms with van der Waals surface area (Å²) >= 11 is 5.52. The molecule has 2 nitrogen and oxygen atoms in total. The number of hydrogen-bond acceptors (Lipinski definition) is 1. The summed E-state index contributed by atoms with van der Waals surface area (Å²) in [5.41, 5.74) is 0.771. The molecule has 1 aromatic carbocycles. The summed E-state index contributed by atoms with van der Waals surface area (Å²) < 4.78 is 13.0. The van der Waals surface area contributed by atoms with E-state index in [4.69, 9.17) is 11.6 Å². The molecule has 88 valence electrons. The first-order valence-corrected chi connectivity index (χ1v) is 5.68. The predicted molar refractivity (Wildman–Crippen MR) is 62.8 cm³/mol. The molecule has 0 aliphatic rings. The van der Waals surface area contributed by atoms with Crippen molar-refractivity contribution in [1.82, 2.24) is 4.90 Å². The predicted octanol–water partition coefficient (Wildman–Crippen LogP) is 2.80. The molecular formula is C12H15ClFNO. The summed E-state index contributed by atoms with van der Waals surface area (Å²) in [5.74, 6) is -0.478. The number of nitrogens with zero attached hydrogens (tertiary/aromatic N) is 1. The Morgan fingerprint density at radius 2 is 2.19 bits per heavy atom. The number of hydrogen-bond donors (Lipinski definition) is 0. The van der Waals surface area contributed by atoms with Gasteiger partial charge in [0.15, 0.2) is 0 Å². The maximum Gasteiger partial charge on any atom is 0.238 e. The second-order valence-electron chi connectivity index (χ2n) is 3.88. The van der Waals surface area contributed by atoms with E-state index in [9.17, 15) is 9.18 Å². The van der Waals surface area contributed by atoms with Crippen LogP contribution in [-0.2, 0) is 11.3 Å². The van der Waals surface area contributed by atoms with Crippen molar-refractivity contribution < 1.29 is 9.18 Å². The molecule has 0 unspecified atom stereocenters. The molecule has 0 N–H and O–H groups in total. The van der Waals surface area contributed by atoms with Gasteiger partial charge >= 0.3 is 0 Å². The van der Waals surface area contributed by atoms with E-state index in [-0.39, 0.29) is 23.6 Å². The van der Waals surface area contributed by atoms with Gasteiger partial charge in [-0.1, -0.05) is 12.1 Å². The van der Waals surface area contributed by atoms with Crippen molar-refractivity contribution in [3.05, 3.63) is 35.6 Å². The van der Waals surface area contributed by atoms with Crippen LogP contribution < -0.4 is 0 Å². The van der Waals surface area contributed by atoms with E-state index in [2.05, 4.69) is 0 Å². The van der Waals surface area contributed by atoms with Gasteiger partial charge in [0, 0.05) is 12.6 Å². The molecule has 0 saturated carbocycles. The minimum atomic E-state index is -0.292. The number of carbonyl (C=O) groups excluding carboxylic acids is 1. The Balaban J connectivity index is 2.79. The molecule has 0 aliphatic carbocycles. The number of rotatable bonds is 4. The highest BCUT2D eigenvalue weighted by Crippen LogP contribution is 2.10. The third kappa shape index (κ3) is 3.49. The number of amides is 1. The van der Waals surface area contributed by atoms with Gasteiger partial charge in [0.1, 0.15) is 11.7 Å². The molecule has 0 heterocycles. The minimum absolute atomic E-state index is 0.0481.